The number of likely N-dealkylation sites (tertiary alicyclic amines) is 1. The molecule has 0 spiro atoms. The molecule has 2 aromatic rings. The topological polar surface area (TPSA) is 24.5 Å². The Labute approximate surface area is 152 Å². The van der Waals surface area contributed by atoms with Crippen LogP contribution in [0.1, 0.15) is 36.5 Å². The average molecular weight is 338 g/mol. The van der Waals surface area contributed by atoms with E-state index in [-0.39, 0.29) is 0 Å². The number of likely N-dealkylation sites (N-methyl/N-ethyl adjacent to an activating group) is 1. The minimum absolute atomic E-state index is 0.615. The highest BCUT2D eigenvalue weighted by molar-refractivity contribution is 5.33. The van der Waals surface area contributed by atoms with Crippen LogP contribution in [0.3, 0.4) is 0 Å². The first-order valence-corrected chi connectivity index (χ1v) is 9.47. The van der Waals surface area contributed by atoms with Gasteiger partial charge < -0.3 is 10.1 Å². The van der Waals surface area contributed by atoms with Crippen LogP contribution < -0.4 is 10.1 Å². The number of nitrogens with one attached hydrogen (secondary N) is 1. The fourth-order valence-electron chi connectivity index (χ4n) is 3.55. The van der Waals surface area contributed by atoms with E-state index in [1.54, 1.807) is 0 Å². The lowest BCUT2D eigenvalue weighted by Crippen LogP contribution is -2.37. The number of hydrogen-bond acceptors (Lipinski definition) is 3. The van der Waals surface area contributed by atoms with Gasteiger partial charge in [0.2, 0.25) is 0 Å². The van der Waals surface area contributed by atoms with Gasteiger partial charge in [0.15, 0.2) is 0 Å². The van der Waals surface area contributed by atoms with E-state index in [9.17, 15) is 0 Å². The van der Waals surface area contributed by atoms with E-state index < -0.39 is 0 Å². The van der Waals surface area contributed by atoms with Gasteiger partial charge in [-0.3, -0.25) is 4.90 Å². The zero-order valence-corrected chi connectivity index (χ0v) is 15.5. The summed E-state index contributed by atoms with van der Waals surface area (Å²) < 4.78 is 6.08. The second-order valence-corrected chi connectivity index (χ2v) is 6.94. The number of para-hydroxylation sites is 1. The first-order valence-electron chi connectivity index (χ1n) is 9.47. The molecule has 0 unspecified atom stereocenters. The van der Waals surface area contributed by atoms with Crippen molar-refractivity contribution in [3.63, 3.8) is 0 Å². The summed E-state index contributed by atoms with van der Waals surface area (Å²) in [6.45, 7) is 9.30. The van der Waals surface area contributed by atoms with Gasteiger partial charge in [-0.2, -0.15) is 0 Å². The van der Waals surface area contributed by atoms with Crippen LogP contribution in [-0.4, -0.2) is 30.6 Å². The molecule has 0 amide bonds. The molecule has 2 aromatic carbocycles. The highest BCUT2D eigenvalue weighted by Crippen LogP contribution is 2.20. The SMILES string of the molecule is CCN1CCC[C@H]1CNCc1ccccc1OCc1ccc(C)cc1. The molecule has 1 N–H and O–H groups in total. The van der Waals surface area contributed by atoms with Crippen molar-refractivity contribution in [2.75, 3.05) is 19.6 Å². The molecule has 0 aromatic heterocycles. The van der Waals surface area contributed by atoms with Crippen molar-refractivity contribution in [1.29, 1.82) is 0 Å². The summed E-state index contributed by atoms with van der Waals surface area (Å²) in [5.74, 6) is 0.981. The Morgan fingerprint density at radius 1 is 1.12 bits per heavy atom. The molecule has 0 bridgehead atoms. The summed E-state index contributed by atoms with van der Waals surface area (Å²) in [5, 5.41) is 3.63. The summed E-state index contributed by atoms with van der Waals surface area (Å²) >= 11 is 0. The van der Waals surface area contributed by atoms with Gasteiger partial charge in [0, 0.05) is 24.7 Å². The van der Waals surface area contributed by atoms with E-state index in [2.05, 4.69) is 66.5 Å². The highest BCUT2D eigenvalue weighted by Gasteiger charge is 2.22. The predicted octanol–water partition coefficient (Wildman–Crippen LogP) is 4.15. The van der Waals surface area contributed by atoms with Crippen molar-refractivity contribution < 1.29 is 4.74 Å². The van der Waals surface area contributed by atoms with Gasteiger partial charge in [-0.1, -0.05) is 55.0 Å². The number of rotatable bonds is 8. The monoisotopic (exact) mass is 338 g/mol. The Balaban J connectivity index is 1.52. The molecule has 3 nitrogen and oxygen atoms in total. The molecule has 25 heavy (non-hydrogen) atoms. The lowest BCUT2D eigenvalue weighted by Gasteiger charge is -2.23. The van der Waals surface area contributed by atoms with Gasteiger partial charge >= 0.3 is 0 Å². The van der Waals surface area contributed by atoms with Crippen LogP contribution in [0.15, 0.2) is 48.5 Å². The maximum atomic E-state index is 6.08. The molecule has 1 aliphatic rings. The fourth-order valence-corrected chi connectivity index (χ4v) is 3.55. The number of ether oxygens (including phenoxy) is 1. The molecule has 1 atom stereocenters. The Kier molecular flexibility index (Phi) is 6.48. The van der Waals surface area contributed by atoms with Crippen LogP contribution in [-0.2, 0) is 13.2 Å². The van der Waals surface area contributed by atoms with Crippen LogP contribution in [0.4, 0.5) is 0 Å². The van der Waals surface area contributed by atoms with E-state index in [1.807, 2.05) is 6.07 Å². The zero-order chi connectivity index (χ0) is 17.5. The third-order valence-corrected chi connectivity index (χ3v) is 5.09. The number of aryl methyl sites for hydroxylation is 1. The average Bonchev–Trinajstić information content (AvgIpc) is 3.10. The Morgan fingerprint density at radius 2 is 1.92 bits per heavy atom. The summed E-state index contributed by atoms with van der Waals surface area (Å²) in [5.41, 5.74) is 3.72. The van der Waals surface area contributed by atoms with Crippen LogP contribution >= 0.6 is 0 Å². The molecule has 3 heteroatoms. The molecule has 134 valence electrons. The molecule has 0 aliphatic carbocycles. The van der Waals surface area contributed by atoms with Gasteiger partial charge in [-0.15, -0.1) is 0 Å². The first-order chi connectivity index (χ1) is 12.3. The van der Waals surface area contributed by atoms with Crippen molar-refractivity contribution in [2.24, 2.45) is 0 Å². The van der Waals surface area contributed by atoms with Crippen LogP contribution in [0.25, 0.3) is 0 Å². The summed E-state index contributed by atoms with van der Waals surface area (Å²) in [4.78, 5) is 2.58. The molecule has 1 heterocycles. The third-order valence-electron chi connectivity index (χ3n) is 5.09. The van der Waals surface area contributed by atoms with Gasteiger partial charge in [0.05, 0.1) is 0 Å². The second kappa shape index (κ2) is 9.02. The predicted molar refractivity (Wildman–Crippen MR) is 104 cm³/mol. The van der Waals surface area contributed by atoms with E-state index in [4.69, 9.17) is 4.74 Å². The van der Waals surface area contributed by atoms with Crippen molar-refractivity contribution in [2.45, 2.75) is 45.9 Å². The second-order valence-electron chi connectivity index (χ2n) is 6.94. The van der Waals surface area contributed by atoms with Crippen LogP contribution in [0, 0.1) is 6.92 Å². The number of hydrogen-bond donors (Lipinski definition) is 1. The molecule has 0 saturated carbocycles. The van der Waals surface area contributed by atoms with E-state index in [0.717, 1.165) is 25.4 Å². The number of nitrogens with zero attached hydrogens (tertiary/aromatic N) is 1. The molecule has 1 fully saturated rings. The Hall–Kier alpha value is -1.84. The van der Waals surface area contributed by atoms with Gasteiger partial charge in [0.1, 0.15) is 12.4 Å². The highest BCUT2D eigenvalue weighted by atomic mass is 16.5. The molecule has 0 radical (unpaired) electrons. The zero-order valence-electron chi connectivity index (χ0n) is 15.5. The summed E-state index contributed by atoms with van der Waals surface area (Å²) in [7, 11) is 0. The van der Waals surface area contributed by atoms with Crippen molar-refractivity contribution in [3.05, 3.63) is 65.2 Å². The lowest BCUT2D eigenvalue weighted by molar-refractivity contribution is 0.259. The molecule has 1 aliphatic heterocycles. The fraction of sp³-hybridized carbons (Fsp3) is 0.455. The Bertz CT molecular complexity index is 653. The van der Waals surface area contributed by atoms with Crippen molar-refractivity contribution in [1.82, 2.24) is 10.2 Å². The van der Waals surface area contributed by atoms with E-state index >= 15 is 0 Å². The first kappa shape index (κ1) is 18.0. The summed E-state index contributed by atoms with van der Waals surface area (Å²) in [6.07, 6.45) is 2.64. The Morgan fingerprint density at radius 3 is 2.72 bits per heavy atom. The third kappa shape index (κ3) is 5.07. The minimum atomic E-state index is 0.615. The maximum Gasteiger partial charge on any atom is 0.124 e. The molecule has 1 saturated heterocycles. The maximum absolute atomic E-state index is 6.08. The molecule has 3 rings (SSSR count). The van der Waals surface area contributed by atoms with Crippen LogP contribution in [0.5, 0.6) is 5.75 Å². The van der Waals surface area contributed by atoms with Crippen LogP contribution in [0.2, 0.25) is 0 Å². The van der Waals surface area contributed by atoms with Crippen molar-refractivity contribution >= 4 is 0 Å². The van der Waals surface area contributed by atoms with Crippen molar-refractivity contribution in [3.8, 4) is 5.75 Å². The smallest absolute Gasteiger partial charge is 0.124 e. The lowest BCUT2D eigenvalue weighted by atomic mass is 10.1. The van der Waals surface area contributed by atoms with E-state index in [1.165, 1.54) is 36.1 Å². The number of benzene rings is 2. The standard InChI is InChI=1S/C22H30N2O/c1-3-24-14-6-8-21(24)16-23-15-20-7-4-5-9-22(20)25-17-19-12-10-18(2)11-13-19/h4-5,7,9-13,21,23H,3,6,8,14-17H2,1-2H3/t21-/m0/s1. The quantitative estimate of drug-likeness (QED) is 0.782. The summed E-state index contributed by atoms with van der Waals surface area (Å²) in [6, 6.07) is 17.6. The van der Waals surface area contributed by atoms with Gasteiger partial charge in [-0.25, -0.2) is 0 Å². The molecular weight excluding hydrogens is 308 g/mol. The minimum Gasteiger partial charge on any atom is -0.489 e. The van der Waals surface area contributed by atoms with E-state index in [0.29, 0.717) is 12.6 Å². The molecular formula is C22H30N2O. The normalized spacial score (nSPS) is 17.8. The van der Waals surface area contributed by atoms with Gasteiger partial charge in [-0.05, 0) is 44.5 Å². The largest absolute Gasteiger partial charge is 0.489 e. The van der Waals surface area contributed by atoms with Gasteiger partial charge in [0.25, 0.3) is 0 Å².